The van der Waals surface area contributed by atoms with Gasteiger partial charge in [-0.1, -0.05) is 35.2 Å². The number of aliphatic hydroxyl groups excluding tert-OH is 1. The van der Waals surface area contributed by atoms with Crippen molar-refractivity contribution in [3.8, 4) is 0 Å². The smallest absolute Gasteiger partial charge is 0.121 e. The minimum absolute atomic E-state index is 0.0559. The molecule has 88 valence electrons. The topological polar surface area (TPSA) is 70.3 Å². The zero-order chi connectivity index (χ0) is 10.8. The number of hydrogen-bond donors (Lipinski definition) is 4. The fraction of sp³-hybridized carbons (Fsp3) is 1.00. The average molecular weight is 278 g/mol. The van der Waals surface area contributed by atoms with Gasteiger partial charge in [-0.25, -0.2) is 0 Å². The quantitative estimate of drug-likeness (QED) is 0.526. The summed E-state index contributed by atoms with van der Waals surface area (Å²) in [6, 6.07) is 0.288. The summed E-state index contributed by atoms with van der Waals surface area (Å²) < 4.78 is 0. The lowest BCUT2D eigenvalue weighted by Crippen LogP contribution is -2.69. The van der Waals surface area contributed by atoms with Crippen molar-refractivity contribution in [3.05, 3.63) is 0 Å². The molecule has 1 saturated heterocycles. The largest absolute Gasteiger partial charge is 0.377 e. The number of hydrogen-bond acceptors (Lipinski definition) is 4. The van der Waals surface area contributed by atoms with E-state index in [-0.39, 0.29) is 17.2 Å². The highest BCUT2D eigenvalue weighted by Crippen LogP contribution is 2.31. The van der Waals surface area contributed by atoms with Crippen molar-refractivity contribution < 1.29 is 5.11 Å². The first-order valence-corrected chi connectivity index (χ1v) is 6.70. The number of alkyl halides is 1. The summed E-state index contributed by atoms with van der Waals surface area (Å²) in [5, 5.41) is 16.0. The van der Waals surface area contributed by atoms with Crippen LogP contribution >= 0.6 is 15.9 Å². The molecule has 0 radical (unpaired) electrons. The second-order valence-electron chi connectivity index (χ2n) is 4.62. The van der Waals surface area contributed by atoms with Gasteiger partial charge in [0.1, 0.15) is 12.5 Å². The predicted octanol–water partition coefficient (Wildman–Crippen LogP) is 0.452. The summed E-state index contributed by atoms with van der Waals surface area (Å²) >= 11 is 3.55. The normalized spacial score (nSPS) is 44.2. The highest BCUT2D eigenvalue weighted by atomic mass is 79.9. The van der Waals surface area contributed by atoms with Crippen molar-refractivity contribution in [1.29, 1.82) is 0 Å². The van der Waals surface area contributed by atoms with Crippen LogP contribution in [-0.2, 0) is 0 Å². The fourth-order valence-corrected chi connectivity index (χ4v) is 3.45. The van der Waals surface area contributed by atoms with Gasteiger partial charge in [-0.05, 0) is 18.8 Å². The minimum Gasteiger partial charge on any atom is -0.377 e. The molecule has 1 heterocycles. The maximum absolute atomic E-state index is 9.77. The summed E-state index contributed by atoms with van der Waals surface area (Å²) in [7, 11) is 0. The Morgan fingerprint density at radius 3 is 2.47 bits per heavy atom. The molecule has 4 unspecified atom stereocenters. The Balaban J connectivity index is 1.98. The van der Waals surface area contributed by atoms with Crippen LogP contribution in [0, 0.1) is 5.92 Å². The van der Waals surface area contributed by atoms with Crippen LogP contribution < -0.4 is 16.4 Å². The lowest BCUT2D eigenvalue weighted by molar-refractivity contribution is 0.0506. The van der Waals surface area contributed by atoms with Gasteiger partial charge < -0.3 is 10.8 Å². The molecule has 15 heavy (non-hydrogen) atoms. The van der Waals surface area contributed by atoms with Crippen LogP contribution in [0.15, 0.2) is 0 Å². The lowest BCUT2D eigenvalue weighted by atomic mass is 9.82. The van der Waals surface area contributed by atoms with E-state index in [1.807, 2.05) is 0 Å². The van der Waals surface area contributed by atoms with Gasteiger partial charge in [0, 0.05) is 6.04 Å². The summed E-state index contributed by atoms with van der Waals surface area (Å²) in [4.78, 5) is 0.0559. The molecule has 1 saturated carbocycles. The Kier molecular flexibility index (Phi) is 4.01. The molecule has 0 bridgehead atoms. The van der Waals surface area contributed by atoms with Gasteiger partial charge in [-0.15, -0.1) is 0 Å². The van der Waals surface area contributed by atoms with Gasteiger partial charge in [0.05, 0.1) is 4.83 Å². The standard InChI is InChI=1S/C10H20BrN3O/c11-7-8(6-4-2-1-3-5-6)13-10(12)14-9(7)15/h6-10,13-15H,1-5,12H2. The number of halogens is 1. The second-order valence-corrected chi connectivity index (χ2v) is 5.68. The molecular weight excluding hydrogens is 258 g/mol. The summed E-state index contributed by atoms with van der Waals surface area (Å²) in [6.45, 7) is 0. The van der Waals surface area contributed by atoms with Gasteiger partial charge in [-0.2, -0.15) is 0 Å². The van der Waals surface area contributed by atoms with Crippen molar-refractivity contribution in [2.75, 3.05) is 0 Å². The van der Waals surface area contributed by atoms with Gasteiger partial charge in [0.15, 0.2) is 0 Å². The van der Waals surface area contributed by atoms with E-state index < -0.39 is 6.23 Å². The van der Waals surface area contributed by atoms with Crippen LogP contribution in [0.1, 0.15) is 32.1 Å². The van der Waals surface area contributed by atoms with Crippen molar-refractivity contribution >= 4 is 15.9 Å². The average Bonchev–Trinajstić information content (AvgIpc) is 2.24. The number of nitrogens with one attached hydrogen (secondary N) is 2. The summed E-state index contributed by atoms with van der Waals surface area (Å²) in [6.07, 6.45) is 5.62. The maximum atomic E-state index is 9.77. The van der Waals surface area contributed by atoms with Crippen molar-refractivity contribution in [3.63, 3.8) is 0 Å². The fourth-order valence-electron chi connectivity index (χ4n) is 2.71. The number of aliphatic hydroxyl groups is 1. The molecule has 1 aliphatic carbocycles. The third-order valence-electron chi connectivity index (χ3n) is 3.52. The van der Waals surface area contributed by atoms with E-state index in [0.29, 0.717) is 5.92 Å². The highest BCUT2D eigenvalue weighted by molar-refractivity contribution is 9.09. The van der Waals surface area contributed by atoms with Crippen LogP contribution in [0.25, 0.3) is 0 Å². The minimum atomic E-state index is -0.548. The SMILES string of the molecule is NC1NC(O)C(Br)C(C2CCCCC2)N1. The van der Waals surface area contributed by atoms with Gasteiger partial charge >= 0.3 is 0 Å². The molecule has 4 nitrogen and oxygen atoms in total. The molecule has 1 aliphatic heterocycles. The molecule has 0 spiro atoms. The molecule has 0 aromatic rings. The van der Waals surface area contributed by atoms with E-state index in [1.165, 1.54) is 32.1 Å². The first-order chi connectivity index (χ1) is 7.18. The molecule has 4 atom stereocenters. The van der Waals surface area contributed by atoms with Crippen LogP contribution in [0.3, 0.4) is 0 Å². The van der Waals surface area contributed by atoms with Crippen molar-refractivity contribution in [2.45, 2.75) is 55.5 Å². The summed E-state index contributed by atoms with van der Waals surface area (Å²) in [5.41, 5.74) is 5.78. The lowest BCUT2D eigenvalue weighted by Gasteiger charge is -2.42. The molecular formula is C10H20BrN3O. The number of rotatable bonds is 1. The monoisotopic (exact) mass is 277 g/mol. The molecule has 0 aromatic heterocycles. The molecule has 0 amide bonds. The van der Waals surface area contributed by atoms with E-state index >= 15 is 0 Å². The zero-order valence-corrected chi connectivity index (χ0v) is 10.4. The van der Waals surface area contributed by atoms with Crippen molar-refractivity contribution in [2.24, 2.45) is 11.7 Å². The Morgan fingerprint density at radius 2 is 1.80 bits per heavy atom. The number of nitrogens with two attached hydrogens (primary N) is 1. The van der Waals surface area contributed by atoms with E-state index in [1.54, 1.807) is 0 Å². The first-order valence-electron chi connectivity index (χ1n) is 5.78. The van der Waals surface area contributed by atoms with Crippen LogP contribution in [0.4, 0.5) is 0 Å². The van der Waals surface area contributed by atoms with Gasteiger partial charge in [0.25, 0.3) is 0 Å². The highest BCUT2D eigenvalue weighted by Gasteiger charge is 2.37. The Labute approximate surface area is 99.1 Å². The van der Waals surface area contributed by atoms with E-state index in [9.17, 15) is 5.11 Å². The van der Waals surface area contributed by atoms with Crippen LogP contribution in [0.5, 0.6) is 0 Å². The predicted molar refractivity (Wildman–Crippen MR) is 63.3 cm³/mol. The van der Waals surface area contributed by atoms with Crippen LogP contribution in [-0.4, -0.2) is 28.5 Å². The van der Waals surface area contributed by atoms with Gasteiger partial charge in [-0.3, -0.25) is 10.6 Å². The Bertz CT molecular complexity index is 211. The molecule has 2 rings (SSSR count). The molecule has 5 heteroatoms. The maximum Gasteiger partial charge on any atom is 0.121 e. The third kappa shape index (κ3) is 2.71. The van der Waals surface area contributed by atoms with Crippen LogP contribution in [0.2, 0.25) is 0 Å². The van der Waals surface area contributed by atoms with E-state index in [2.05, 4.69) is 26.6 Å². The molecule has 5 N–H and O–H groups in total. The third-order valence-corrected chi connectivity index (χ3v) is 4.60. The molecule has 2 aliphatic rings. The first kappa shape index (κ1) is 11.8. The van der Waals surface area contributed by atoms with Crippen molar-refractivity contribution in [1.82, 2.24) is 10.6 Å². The van der Waals surface area contributed by atoms with Gasteiger partial charge in [0.2, 0.25) is 0 Å². The Hall–Kier alpha value is 0.320. The molecule has 0 aromatic carbocycles. The zero-order valence-electron chi connectivity index (χ0n) is 8.82. The Morgan fingerprint density at radius 1 is 1.13 bits per heavy atom. The van der Waals surface area contributed by atoms with E-state index in [4.69, 9.17) is 5.73 Å². The van der Waals surface area contributed by atoms with E-state index in [0.717, 1.165) is 0 Å². The second kappa shape index (κ2) is 5.10. The molecule has 2 fully saturated rings. The summed E-state index contributed by atoms with van der Waals surface area (Å²) in [5.74, 6) is 0.644.